The molecule has 0 unspecified atom stereocenters. The molecule has 1 heterocycles. The number of benzene rings is 3. The van der Waals surface area contributed by atoms with E-state index in [1.165, 1.54) is 12.1 Å². The third-order valence-electron chi connectivity index (χ3n) is 5.76. The summed E-state index contributed by atoms with van der Waals surface area (Å²) in [4.78, 5) is 45.7. The highest BCUT2D eigenvalue weighted by Gasteiger charge is 2.23. The average Bonchev–Trinajstić information content (AvgIpc) is 2.88. The van der Waals surface area contributed by atoms with Crippen LogP contribution < -0.4 is 15.8 Å². The number of terminal acetylenes is 1. The molecular formula is C28H23FN4O4. The Bertz CT molecular complexity index is 1560. The van der Waals surface area contributed by atoms with Gasteiger partial charge in [-0.15, -0.1) is 6.42 Å². The van der Waals surface area contributed by atoms with Crippen molar-refractivity contribution >= 4 is 28.5 Å². The van der Waals surface area contributed by atoms with Crippen molar-refractivity contribution in [1.29, 1.82) is 0 Å². The molecule has 1 amide bonds. The third-order valence-corrected chi connectivity index (χ3v) is 5.76. The summed E-state index contributed by atoms with van der Waals surface area (Å²) in [5, 5.41) is 12.5. The largest absolute Gasteiger partial charge is 0.479 e. The van der Waals surface area contributed by atoms with Crippen molar-refractivity contribution in [2.75, 3.05) is 11.4 Å². The van der Waals surface area contributed by atoms with E-state index in [1.807, 2.05) is 11.0 Å². The van der Waals surface area contributed by atoms with Gasteiger partial charge in [0, 0.05) is 17.8 Å². The van der Waals surface area contributed by atoms with E-state index in [-0.39, 0.29) is 23.2 Å². The number of carboxylic acids is 1. The van der Waals surface area contributed by atoms with E-state index in [1.54, 1.807) is 43.3 Å². The standard InChI is InChI=1S/C28H23FN4O4/c1-3-14-33(16-18-4-13-24-23(15-18)27(35)31-17(2)30-24)22-11-7-20(8-12-22)26(34)32-25(28(36)37)19-5-9-21(29)10-6-19/h1,4-13,15,25H,14,16H2,2H3,(H,32,34)(H,36,37)(H,30,31,35)/t25-/m1/s1. The van der Waals surface area contributed by atoms with E-state index in [9.17, 15) is 23.9 Å². The van der Waals surface area contributed by atoms with Gasteiger partial charge < -0.3 is 20.3 Å². The van der Waals surface area contributed by atoms with Crippen molar-refractivity contribution in [3.8, 4) is 12.3 Å². The first-order chi connectivity index (χ1) is 17.7. The van der Waals surface area contributed by atoms with Gasteiger partial charge in [0.05, 0.1) is 17.4 Å². The lowest BCUT2D eigenvalue weighted by Gasteiger charge is -2.23. The molecule has 4 aromatic rings. The van der Waals surface area contributed by atoms with Gasteiger partial charge in [-0.25, -0.2) is 14.2 Å². The van der Waals surface area contributed by atoms with Gasteiger partial charge >= 0.3 is 5.97 Å². The summed E-state index contributed by atoms with van der Waals surface area (Å²) in [5.41, 5.74) is 2.46. The first-order valence-corrected chi connectivity index (χ1v) is 11.3. The van der Waals surface area contributed by atoms with Gasteiger partial charge in [0.15, 0.2) is 6.04 Å². The Morgan fingerprint density at radius 3 is 2.49 bits per heavy atom. The number of fused-ring (bicyclic) bond motifs is 1. The van der Waals surface area contributed by atoms with Gasteiger partial charge in [0.2, 0.25) is 0 Å². The minimum atomic E-state index is -1.33. The molecule has 8 nitrogen and oxygen atoms in total. The second-order valence-electron chi connectivity index (χ2n) is 8.41. The van der Waals surface area contributed by atoms with Gasteiger partial charge in [-0.3, -0.25) is 9.59 Å². The maximum absolute atomic E-state index is 13.2. The fourth-order valence-electron chi connectivity index (χ4n) is 3.95. The van der Waals surface area contributed by atoms with Gasteiger partial charge in [-0.2, -0.15) is 0 Å². The number of nitrogens with one attached hydrogen (secondary N) is 2. The topological polar surface area (TPSA) is 115 Å². The van der Waals surface area contributed by atoms with Crippen molar-refractivity contribution in [3.63, 3.8) is 0 Å². The molecular weight excluding hydrogens is 475 g/mol. The molecule has 0 saturated heterocycles. The monoisotopic (exact) mass is 498 g/mol. The van der Waals surface area contributed by atoms with Crippen molar-refractivity contribution < 1.29 is 19.1 Å². The summed E-state index contributed by atoms with van der Waals surface area (Å²) < 4.78 is 13.2. The van der Waals surface area contributed by atoms with Crippen molar-refractivity contribution in [1.82, 2.24) is 15.3 Å². The van der Waals surface area contributed by atoms with Crippen LogP contribution in [0.15, 0.2) is 71.5 Å². The van der Waals surface area contributed by atoms with Crippen molar-refractivity contribution in [2.45, 2.75) is 19.5 Å². The second-order valence-corrected chi connectivity index (χ2v) is 8.41. The van der Waals surface area contributed by atoms with Crippen LogP contribution in [0.2, 0.25) is 0 Å². The second kappa shape index (κ2) is 10.7. The SMILES string of the molecule is C#CCN(Cc1ccc2nc(C)[nH]c(=O)c2c1)c1ccc(C(=O)N[C@@H](C(=O)O)c2ccc(F)cc2)cc1. The molecule has 186 valence electrons. The van der Waals surface area contributed by atoms with Gasteiger partial charge in [0.1, 0.15) is 11.6 Å². The predicted molar refractivity (Wildman–Crippen MR) is 138 cm³/mol. The van der Waals surface area contributed by atoms with Crippen molar-refractivity contribution in [3.05, 3.63) is 105 Å². The lowest BCUT2D eigenvalue weighted by atomic mass is 10.1. The number of aliphatic carboxylic acids is 1. The predicted octanol–water partition coefficient (Wildman–Crippen LogP) is 3.57. The maximum atomic E-state index is 13.2. The Kier molecular flexibility index (Phi) is 7.30. The van der Waals surface area contributed by atoms with Crippen molar-refractivity contribution in [2.24, 2.45) is 0 Å². The number of nitrogens with zero attached hydrogens (tertiary/aromatic N) is 2. The molecule has 0 saturated carbocycles. The summed E-state index contributed by atoms with van der Waals surface area (Å²) in [5.74, 6) is 0.785. The quantitative estimate of drug-likeness (QED) is 0.320. The Morgan fingerprint density at radius 2 is 1.84 bits per heavy atom. The van der Waals surface area contributed by atoms with Crippen LogP contribution in [0.4, 0.5) is 10.1 Å². The molecule has 0 radical (unpaired) electrons. The molecule has 9 heteroatoms. The number of carboxylic acid groups (broad SMARTS) is 1. The number of aromatic amines is 1. The maximum Gasteiger partial charge on any atom is 0.330 e. The van der Waals surface area contributed by atoms with E-state index in [2.05, 4.69) is 21.2 Å². The third kappa shape index (κ3) is 5.82. The van der Waals surface area contributed by atoms with Crippen LogP contribution in [-0.2, 0) is 11.3 Å². The Morgan fingerprint density at radius 1 is 1.14 bits per heavy atom. The van der Waals surface area contributed by atoms with Crippen LogP contribution in [0.5, 0.6) is 0 Å². The summed E-state index contributed by atoms with van der Waals surface area (Å²) in [6, 6.07) is 15.5. The fraction of sp³-hybridized carbons (Fsp3) is 0.143. The normalized spacial score (nSPS) is 11.5. The lowest BCUT2D eigenvalue weighted by molar-refractivity contribution is -0.139. The van der Waals surface area contributed by atoms with Gasteiger partial charge in [-0.1, -0.05) is 24.1 Å². The molecule has 0 aliphatic heterocycles. The summed E-state index contributed by atoms with van der Waals surface area (Å²) in [6.07, 6.45) is 5.58. The number of amides is 1. The van der Waals surface area contributed by atoms with Crippen LogP contribution in [0, 0.1) is 25.1 Å². The number of rotatable bonds is 8. The molecule has 0 spiro atoms. The summed E-state index contributed by atoms with van der Waals surface area (Å²) in [7, 11) is 0. The highest BCUT2D eigenvalue weighted by Crippen LogP contribution is 2.21. The number of hydrogen-bond donors (Lipinski definition) is 3. The van der Waals surface area contributed by atoms with E-state index >= 15 is 0 Å². The Labute approximate surface area is 211 Å². The Balaban J connectivity index is 1.52. The van der Waals surface area contributed by atoms with E-state index in [0.717, 1.165) is 23.4 Å². The number of hydrogen-bond acceptors (Lipinski definition) is 5. The molecule has 4 rings (SSSR count). The van der Waals surface area contributed by atoms with Crippen LogP contribution >= 0.6 is 0 Å². The van der Waals surface area contributed by atoms with E-state index < -0.39 is 23.7 Å². The molecule has 0 fully saturated rings. The van der Waals surface area contributed by atoms with E-state index in [0.29, 0.717) is 23.3 Å². The van der Waals surface area contributed by atoms with E-state index in [4.69, 9.17) is 6.42 Å². The number of H-pyrrole nitrogens is 1. The number of halogens is 1. The zero-order chi connectivity index (χ0) is 26.5. The minimum Gasteiger partial charge on any atom is -0.479 e. The fourth-order valence-corrected chi connectivity index (χ4v) is 3.95. The molecule has 3 N–H and O–H groups in total. The first kappa shape index (κ1) is 25.1. The lowest BCUT2D eigenvalue weighted by Crippen LogP contribution is -2.33. The Hall–Kier alpha value is -4.97. The zero-order valence-corrected chi connectivity index (χ0v) is 19.9. The average molecular weight is 499 g/mol. The number of anilines is 1. The number of aryl methyl sites for hydroxylation is 1. The van der Waals surface area contributed by atoms with Gasteiger partial charge in [0.25, 0.3) is 11.5 Å². The van der Waals surface area contributed by atoms with Gasteiger partial charge in [-0.05, 0) is 66.6 Å². The number of carbonyl (C=O) groups is 2. The van der Waals surface area contributed by atoms with Crippen LogP contribution in [0.1, 0.15) is 33.4 Å². The highest BCUT2D eigenvalue weighted by molar-refractivity contribution is 5.97. The molecule has 3 aromatic carbocycles. The van der Waals surface area contributed by atoms with Crippen LogP contribution in [0.25, 0.3) is 10.9 Å². The molecule has 0 aliphatic carbocycles. The highest BCUT2D eigenvalue weighted by atomic mass is 19.1. The number of carbonyl (C=O) groups excluding carboxylic acids is 1. The first-order valence-electron chi connectivity index (χ1n) is 11.3. The smallest absolute Gasteiger partial charge is 0.330 e. The minimum absolute atomic E-state index is 0.219. The summed E-state index contributed by atoms with van der Waals surface area (Å²) >= 11 is 0. The van der Waals surface area contributed by atoms with Crippen LogP contribution in [0.3, 0.4) is 0 Å². The molecule has 0 aliphatic rings. The zero-order valence-electron chi connectivity index (χ0n) is 19.9. The molecule has 1 atom stereocenters. The molecule has 1 aromatic heterocycles. The molecule has 0 bridgehead atoms. The summed E-state index contributed by atoms with van der Waals surface area (Å²) in [6.45, 7) is 2.40. The number of aromatic nitrogens is 2. The molecule has 37 heavy (non-hydrogen) atoms. The van der Waals surface area contributed by atoms with Crippen LogP contribution in [-0.4, -0.2) is 33.5 Å².